The van der Waals surface area contributed by atoms with E-state index in [1.165, 1.54) is 43.4 Å². The van der Waals surface area contributed by atoms with Gasteiger partial charge in [-0.2, -0.15) is 0 Å². The van der Waals surface area contributed by atoms with Gasteiger partial charge in [0.25, 0.3) is 0 Å². The van der Waals surface area contributed by atoms with E-state index in [1.807, 2.05) is 11.3 Å². The highest BCUT2D eigenvalue weighted by molar-refractivity contribution is 7.10. The first-order valence-electron chi connectivity index (χ1n) is 7.61. The van der Waals surface area contributed by atoms with Crippen molar-refractivity contribution in [1.82, 2.24) is 5.32 Å². The number of nitrogens with one attached hydrogen (secondary N) is 1. The summed E-state index contributed by atoms with van der Waals surface area (Å²) in [6, 6.07) is 5.10. The summed E-state index contributed by atoms with van der Waals surface area (Å²) in [4.78, 5) is 1.54. The van der Waals surface area contributed by atoms with Crippen molar-refractivity contribution >= 4 is 11.3 Å². The maximum absolute atomic E-state index is 3.71. The summed E-state index contributed by atoms with van der Waals surface area (Å²) in [5.41, 5.74) is 0. The Morgan fingerprint density at radius 3 is 2.61 bits per heavy atom. The van der Waals surface area contributed by atoms with Gasteiger partial charge in [-0.1, -0.05) is 45.6 Å². The Kier molecular flexibility index (Phi) is 5.71. The van der Waals surface area contributed by atoms with E-state index in [0.29, 0.717) is 6.04 Å². The highest BCUT2D eigenvalue weighted by Crippen LogP contribution is 2.39. The van der Waals surface area contributed by atoms with Gasteiger partial charge in [0, 0.05) is 10.9 Å². The van der Waals surface area contributed by atoms with E-state index in [9.17, 15) is 0 Å². The zero-order chi connectivity index (χ0) is 12.8. The average Bonchev–Trinajstić information content (AvgIpc) is 2.91. The van der Waals surface area contributed by atoms with Crippen LogP contribution in [0.1, 0.15) is 63.3 Å². The van der Waals surface area contributed by atoms with Crippen LogP contribution in [0.25, 0.3) is 0 Å². The quantitative estimate of drug-likeness (QED) is 0.762. The lowest BCUT2D eigenvalue weighted by Gasteiger charge is -2.34. The number of thiophene rings is 1. The second kappa shape index (κ2) is 7.30. The second-order valence-electron chi connectivity index (χ2n) is 5.62. The molecule has 1 saturated carbocycles. The van der Waals surface area contributed by atoms with Crippen molar-refractivity contribution in [2.24, 2.45) is 11.8 Å². The minimum atomic E-state index is 0.609. The van der Waals surface area contributed by atoms with Crippen LogP contribution < -0.4 is 5.32 Å². The smallest absolute Gasteiger partial charge is 0.0443 e. The van der Waals surface area contributed by atoms with Gasteiger partial charge in [0.1, 0.15) is 0 Å². The molecule has 0 bridgehead atoms. The van der Waals surface area contributed by atoms with Crippen LogP contribution in [-0.2, 0) is 0 Å². The van der Waals surface area contributed by atoms with Crippen molar-refractivity contribution in [2.45, 2.75) is 58.4 Å². The van der Waals surface area contributed by atoms with Crippen molar-refractivity contribution in [3.8, 4) is 0 Å². The summed E-state index contributed by atoms with van der Waals surface area (Å²) in [7, 11) is 0. The van der Waals surface area contributed by atoms with Crippen LogP contribution in [0, 0.1) is 11.8 Å². The molecule has 0 aliphatic heterocycles. The van der Waals surface area contributed by atoms with Crippen molar-refractivity contribution in [3.05, 3.63) is 22.4 Å². The Bertz CT molecular complexity index is 312. The van der Waals surface area contributed by atoms with Crippen LogP contribution in [0.15, 0.2) is 17.5 Å². The van der Waals surface area contributed by atoms with Gasteiger partial charge in [0.2, 0.25) is 0 Å². The Morgan fingerprint density at radius 2 is 2.06 bits per heavy atom. The summed E-state index contributed by atoms with van der Waals surface area (Å²) >= 11 is 1.91. The normalized spacial score (nSPS) is 26.1. The maximum atomic E-state index is 3.71. The lowest BCUT2D eigenvalue weighted by Crippen LogP contribution is -2.30. The number of rotatable bonds is 6. The lowest BCUT2D eigenvalue weighted by atomic mass is 9.76. The maximum Gasteiger partial charge on any atom is 0.0443 e. The van der Waals surface area contributed by atoms with Crippen molar-refractivity contribution in [3.63, 3.8) is 0 Å². The molecule has 0 aromatic carbocycles. The molecule has 0 amide bonds. The molecular weight excluding hydrogens is 238 g/mol. The largest absolute Gasteiger partial charge is 0.309 e. The van der Waals surface area contributed by atoms with Gasteiger partial charge in [-0.05, 0) is 42.7 Å². The summed E-state index contributed by atoms with van der Waals surface area (Å²) in [6.45, 7) is 5.62. The highest BCUT2D eigenvalue weighted by Gasteiger charge is 2.28. The van der Waals surface area contributed by atoms with E-state index in [-0.39, 0.29) is 0 Å². The monoisotopic (exact) mass is 265 g/mol. The second-order valence-corrected chi connectivity index (χ2v) is 6.60. The van der Waals surface area contributed by atoms with E-state index >= 15 is 0 Å². The zero-order valence-corrected chi connectivity index (χ0v) is 12.6. The van der Waals surface area contributed by atoms with Gasteiger partial charge in [-0.15, -0.1) is 11.3 Å². The fraction of sp³-hybridized carbons (Fsp3) is 0.750. The molecule has 1 unspecified atom stereocenters. The first kappa shape index (κ1) is 14.1. The molecule has 1 heterocycles. The fourth-order valence-electron chi connectivity index (χ4n) is 3.41. The molecule has 1 atom stereocenters. The Balaban J connectivity index is 1.92. The first-order chi connectivity index (χ1) is 8.85. The van der Waals surface area contributed by atoms with Gasteiger partial charge in [-0.3, -0.25) is 0 Å². The molecule has 1 aromatic heterocycles. The average molecular weight is 265 g/mol. The van der Waals surface area contributed by atoms with Crippen LogP contribution in [0.4, 0.5) is 0 Å². The van der Waals surface area contributed by atoms with E-state index in [2.05, 4.69) is 36.7 Å². The standard InChI is InChI=1S/C16H27NS/c1-3-6-13-8-10-14(11-9-13)16(17-4-2)15-7-5-12-18-15/h5,7,12-14,16-17H,3-4,6,8-11H2,1-2H3. The van der Waals surface area contributed by atoms with Gasteiger partial charge in [0.15, 0.2) is 0 Å². The molecule has 18 heavy (non-hydrogen) atoms. The SMILES string of the molecule is CCCC1CCC(C(NCC)c2cccs2)CC1. The summed E-state index contributed by atoms with van der Waals surface area (Å²) < 4.78 is 0. The number of hydrogen-bond acceptors (Lipinski definition) is 2. The molecule has 0 saturated heterocycles. The third-order valence-corrected chi connectivity index (χ3v) is 5.29. The zero-order valence-electron chi connectivity index (χ0n) is 11.8. The molecule has 1 aliphatic carbocycles. The molecule has 2 heteroatoms. The minimum absolute atomic E-state index is 0.609. The van der Waals surface area contributed by atoms with E-state index in [0.717, 1.165) is 18.4 Å². The molecular formula is C16H27NS. The van der Waals surface area contributed by atoms with E-state index < -0.39 is 0 Å². The molecule has 1 N–H and O–H groups in total. The fourth-order valence-corrected chi connectivity index (χ4v) is 4.30. The molecule has 0 radical (unpaired) electrons. The summed E-state index contributed by atoms with van der Waals surface area (Å²) in [5.74, 6) is 1.87. The molecule has 1 aliphatic rings. The molecule has 2 rings (SSSR count). The van der Waals surface area contributed by atoms with Crippen LogP contribution in [0.2, 0.25) is 0 Å². The first-order valence-corrected chi connectivity index (χ1v) is 8.49. The van der Waals surface area contributed by atoms with E-state index in [1.54, 1.807) is 0 Å². The van der Waals surface area contributed by atoms with Crippen molar-refractivity contribution in [1.29, 1.82) is 0 Å². The number of hydrogen-bond donors (Lipinski definition) is 1. The Labute approximate surface area is 116 Å². The third-order valence-electron chi connectivity index (χ3n) is 4.33. The summed E-state index contributed by atoms with van der Waals surface area (Å²) in [6.07, 6.45) is 8.53. The van der Waals surface area contributed by atoms with Crippen LogP contribution in [0.3, 0.4) is 0 Å². The minimum Gasteiger partial charge on any atom is -0.309 e. The molecule has 102 valence electrons. The molecule has 1 aromatic rings. The van der Waals surface area contributed by atoms with Crippen LogP contribution in [-0.4, -0.2) is 6.54 Å². The lowest BCUT2D eigenvalue weighted by molar-refractivity contribution is 0.217. The topological polar surface area (TPSA) is 12.0 Å². The highest BCUT2D eigenvalue weighted by atomic mass is 32.1. The molecule has 0 spiro atoms. The van der Waals surface area contributed by atoms with Crippen molar-refractivity contribution in [2.75, 3.05) is 6.54 Å². The van der Waals surface area contributed by atoms with Crippen LogP contribution >= 0.6 is 11.3 Å². The van der Waals surface area contributed by atoms with Gasteiger partial charge < -0.3 is 5.32 Å². The van der Waals surface area contributed by atoms with Gasteiger partial charge in [-0.25, -0.2) is 0 Å². The van der Waals surface area contributed by atoms with E-state index in [4.69, 9.17) is 0 Å². The van der Waals surface area contributed by atoms with Gasteiger partial charge in [0.05, 0.1) is 0 Å². The third kappa shape index (κ3) is 3.58. The van der Waals surface area contributed by atoms with Crippen molar-refractivity contribution < 1.29 is 0 Å². The van der Waals surface area contributed by atoms with Crippen LogP contribution in [0.5, 0.6) is 0 Å². The van der Waals surface area contributed by atoms with Gasteiger partial charge >= 0.3 is 0 Å². The molecule has 1 fully saturated rings. The summed E-state index contributed by atoms with van der Waals surface area (Å²) in [5, 5.41) is 5.92. The Hall–Kier alpha value is -0.340. The predicted molar refractivity (Wildman–Crippen MR) is 81.1 cm³/mol. The molecule has 1 nitrogen and oxygen atoms in total. The Morgan fingerprint density at radius 1 is 1.28 bits per heavy atom. The predicted octanol–water partition coefficient (Wildman–Crippen LogP) is 5.01.